The first-order valence-corrected chi connectivity index (χ1v) is 6.23. The zero-order valence-corrected chi connectivity index (χ0v) is 11.4. The van der Waals surface area contributed by atoms with Gasteiger partial charge < -0.3 is 10.2 Å². The molecule has 0 aliphatic carbocycles. The van der Waals surface area contributed by atoms with Crippen LogP contribution in [-0.4, -0.2) is 9.97 Å². The molecule has 0 saturated carbocycles. The fourth-order valence-corrected chi connectivity index (χ4v) is 1.89. The number of hydrogen-bond acceptors (Lipinski definition) is 4. The van der Waals surface area contributed by atoms with Crippen molar-refractivity contribution in [2.75, 3.05) is 5.73 Å². The topological polar surface area (TPSA) is 64.9 Å². The second-order valence-electron chi connectivity index (χ2n) is 4.27. The molecule has 0 aliphatic rings. The highest BCUT2D eigenvalue weighted by atomic mass is 79.9. The number of furan rings is 1. The van der Waals surface area contributed by atoms with Gasteiger partial charge in [0.25, 0.3) is 0 Å². The van der Waals surface area contributed by atoms with Crippen molar-refractivity contribution in [1.29, 1.82) is 0 Å². The number of rotatable bonds is 3. The van der Waals surface area contributed by atoms with Crippen molar-refractivity contribution in [2.45, 2.75) is 20.3 Å². The third kappa shape index (κ3) is 2.66. The number of nitrogens with zero attached hydrogens (tertiary/aromatic N) is 2. The van der Waals surface area contributed by atoms with E-state index < -0.39 is 0 Å². The van der Waals surface area contributed by atoms with E-state index in [1.54, 1.807) is 12.3 Å². The third-order valence-corrected chi connectivity index (χ3v) is 3.15. The van der Waals surface area contributed by atoms with E-state index >= 15 is 0 Å². The third-order valence-electron chi connectivity index (χ3n) is 2.29. The lowest BCUT2D eigenvalue weighted by Gasteiger charge is -2.09. The van der Waals surface area contributed by atoms with Gasteiger partial charge in [0.05, 0.1) is 16.4 Å². The summed E-state index contributed by atoms with van der Waals surface area (Å²) in [6.07, 6.45) is 2.44. The molecule has 2 rings (SSSR count). The first-order chi connectivity index (χ1) is 8.08. The number of anilines is 1. The van der Waals surface area contributed by atoms with E-state index in [0.717, 1.165) is 16.6 Å². The Hall–Kier alpha value is -1.36. The molecule has 2 heterocycles. The fourth-order valence-electron chi connectivity index (χ4n) is 1.55. The van der Waals surface area contributed by atoms with Gasteiger partial charge in [-0.15, -0.1) is 0 Å². The predicted molar refractivity (Wildman–Crippen MR) is 70.4 cm³/mol. The summed E-state index contributed by atoms with van der Waals surface area (Å²) in [7, 11) is 0. The number of hydrogen-bond donors (Lipinski definition) is 1. The quantitative estimate of drug-likeness (QED) is 0.944. The van der Waals surface area contributed by atoms with Crippen LogP contribution in [0.5, 0.6) is 0 Å². The lowest BCUT2D eigenvalue weighted by Crippen LogP contribution is -2.05. The number of nitrogens with two attached hydrogens (primary N) is 1. The Morgan fingerprint density at radius 2 is 2.18 bits per heavy atom. The highest BCUT2D eigenvalue weighted by molar-refractivity contribution is 9.10. The zero-order chi connectivity index (χ0) is 12.4. The lowest BCUT2D eigenvalue weighted by atomic mass is 10.1. The Kier molecular flexibility index (Phi) is 3.47. The average molecular weight is 296 g/mol. The zero-order valence-electron chi connectivity index (χ0n) is 9.77. The molecule has 0 fully saturated rings. The summed E-state index contributed by atoms with van der Waals surface area (Å²) in [6, 6.07) is 3.63. The van der Waals surface area contributed by atoms with Crippen LogP contribution < -0.4 is 5.73 Å². The van der Waals surface area contributed by atoms with Crippen molar-refractivity contribution < 1.29 is 4.42 Å². The van der Waals surface area contributed by atoms with Gasteiger partial charge in [-0.05, 0) is 40.4 Å². The van der Waals surface area contributed by atoms with Crippen LogP contribution in [-0.2, 0) is 6.42 Å². The summed E-state index contributed by atoms with van der Waals surface area (Å²) in [5.74, 6) is 2.12. The molecule has 0 unspecified atom stereocenters. The van der Waals surface area contributed by atoms with Gasteiger partial charge in [-0.1, -0.05) is 13.8 Å². The number of halogens is 1. The molecule has 2 aromatic heterocycles. The minimum atomic E-state index is 0.446. The first kappa shape index (κ1) is 12.1. The minimum Gasteiger partial charge on any atom is -0.461 e. The van der Waals surface area contributed by atoms with Crippen LogP contribution in [0.1, 0.15) is 19.5 Å². The lowest BCUT2D eigenvalue weighted by molar-refractivity contribution is 0.575. The SMILES string of the molecule is CC(C)Cc1nc(-c2ccco2)nc(N)c1Br. The van der Waals surface area contributed by atoms with Crippen LogP contribution in [0.2, 0.25) is 0 Å². The highest BCUT2D eigenvalue weighted by Crippen LogP contribution is 2.26. The van der Waals surface area contributed by atoms with Crippen molar-refractivity contribution in [2.24, 2.45) is 5.92 Å². The van der Waals surface area contributed by atoms with E-state index in [0.29, 0.717) is 23.3 Å². The van der Waals surface area contributed by atoms with Crippen molar-refractivity contribution >= 4 is 21.7 Å². The summed E-state index contributed by atoms with van der Waals surface area (Å²) in [5, 5.41) is 0. The predicted octanol–water partition coefficient (Wildman–Crippen LogP) is 3.28. The molecule has 2 N–H and O–H groups in total. The standard InChI is InChI=1S/C12H14BrN3O/c1-7(2)6-8-10(13)11(14)16-12(15-8)9-4-3-5-17-9/h3-5,7H,6H2,1-2H3,(H2,14,15,16). The monoisotopic (exact) mass is 295 g/mol. The normalized spacial score (nSPS) is 11.1. The van der Waals surface area contributed by atoms with Crippen LogP contribution in [0.25, 0.3) is 11.6 Å². The van der Waals surface area contributed by atoms with Gasteiger partial charge in [-0.2, -0.15) is 0 Å². The summed E-state index contributed by atoms with van der Waals surface area (Å²) >= 11 is 3.43. The number of nitrogen functional groups attached to an aromatic ring is 1. The van der Waals surface area contributed by atoms with Crippen LogP contribution in [0.15, 0.2) is 27.3 Å². The van der Waals surface area contributed by atoms with Gasteiger partial charge in [0.15, 0.2) is 11.6 Å². The molecular weight excluding hydrogens is 282 g/mol. The molecule has 90 valence electrons. The first-order valence-electron chi connectivity index (χ1n) is 5.43. The fraction of sp³-hybridized carbons (Fsp3) is 0.333. The Morgan fingerprint density at radius 3 is 2.76 bits per heavy atom. The van der Waals surface area contributed by atoms with E-state index in [2.05, 4.69) is 39.7 Å². The van der Waals surface area contributed by atoms with Gasteiger partial charge >= 0.3 is 0 Å². The molecule has 0 radical (unpaired) electrons. The van der Waals surface area contributed by atoms with Gasteiger partial charge in [0.2, 0.25) is 0 Å². The highest BCUT2D eigenvalue weighted by Gasteiger charge is 2.13. The summed E-state index contributed by atoms with van der Waals surface area (Å²) in [4.78, 5) is 8.69. The van der Waals surface area contributed by atoms with Crippen molar-refractivity contribution in [3.05, 3.63) is 28.6 Å². The van der Waals surface area contributed by atoms with Crippen molar-refractivity contribution in [3.63, 3.8) is 0 Å². The molecule has 0 amide bonds. The van der Waals surface area contributed by atoms with Crippen LogP contribution >= 0.6 is 15.9 Å². The molecular formula is C12H14BrN3O. The molecule has 17 heavy (non-hydrogen) atoms. The molecule has 4 nitrogen and oxygen atoms in total. The molecule has 0 spiro atoms. The van der Waals surface area contributed by atoms with Crippen molar-refractivity contribution in [3.8, 4) is 11.6 Å². The van der Waals surface area contributed by atoms with Crippen molar-refractivity contribution in [1.82, 2.24) is 9.97 Å². The molecule has 0 saturated heterocycles. The Morgan fingerprint density at radius 1 is 1.41 bits per heavy atom. The van der Waals surface area contributed by atoms with Crippen LogP contribution in [0.4, 0.5) is 5.82 Å². The van der Waals surface area contributed by atoms with E-state index in [1.165, 1.54) is 0 Å². The van der Waals surface area contributed by atoms with Crippen LogP contribution in [0.3, 0.4) is 0 Å². The maximum atomic E-state index is 5.86. The molecule has 0 bridgehead atoms. The second kappa shape index (κ2) is 4.87. The van der Waals surface area contributed by atoms with Gasteiger partial charge in [0.1, 0.15) is 5.82 Å². The largest absolute Gasteiger partial charge is 0.461 e. The Balaban J connectivity index is 2.46. The van der Waals surface area contributed by atoms with E-state index in [4.69, 9.17) is 10.2 Å². The van der Waals surface area contributed by atoms with E-state index in [9.17, 15) is 0 Å². The Labute approximate surface area is 108 Å². The maximum Gasteiger partial charge on any atom is 0.197 e. The molecule has 0 aliphatic heterocycles. The second-order valence-corrected chi connectivity index (χ2v) is 5.06. The minimum absolute atomic E-state index is 0.446. The molecule has 0 atom stereocenters. The van der Waals surface area contributed by atoms with Gasteiger partial charge in [-0.3, -0.25) is 0 Å². The van der Waals surface area contributed by atoms with Gasteiger partial charge in [-0.25, -0.2) is 9.97 Å². The maximum absolute atomic E-state index is 5.86. The summed E-state index contributed by atoms with van der Waals surface area (Å²) in [5.41, 5.74) is 6.78. The van der Waals surface area contributed by atoms with Gasteiger partial charge in [0, 0.05) is 0 Å². The summed E-state index contributed by atoms with van der Waals surface area (Å²) < 4.78 is 6.06. The summed E-state index contributed by atoms with van der Waals surface area (Å²) in [6.45, 7) is 4.27. The smallest absolute Gasteiger partial charge is 0.197 e. The van der Waals surface area contributed by atoms with E-state index in [-0.39, 0.29) is 0 Å². The van der Waals surface area contributed by atoms with E-state index in [1.807, 2.05) is 6.07 Å². The Bertz CT molecular complexity index is 509. The molecule has 0 aromatic carbocycles. The molecule has 5 heteroatoms. The number of aromatic nitrogens is 2. The van der Waals surface area contributed by atoms with Crippen LogP contribution in [0, 0.1) is 5.92 Å². The molecule has 2 aromatic rings. The average Bonchev–Trinajstić information content (AvgIpc) is 2.77.